The van der Waals surface area contributed by atoms with Crippen LogP contribution in [0.15, 0.2) is 54.3 Å². The predicted molar refractivity (Wildman–Crippen MR) is 103 cm³/mol. The van der Waals surface area contributed by atoms with Gasteiger partial charge in [-0.3, -0.25) is 0 Å². The van der Waals surface area contributed by atoms with Crippen molar-refractivity contribution in [2.45, 2.75) is 6.54 Å². The average Bonchev–Trinajstić information content (AvgIpc) is 3.23. The first kappa shape index (κ1) is 15.2. The van der Waals surface area contributed by atoms with E-state index in [9.17, 15) is 0 Å². The molecule has 3 aromatic heterocycles. The van der Waals surface area contributed by atoms with Crippen molar-refractivity contribution in [3.63, 3.8) is 0 Å². The molecule has 4 aromatic rings. The molecular weight excluding hydrogens is 339 g/mol. The summed E-state index contributed by atoms with van der Waals surface area (Å²) in [5.41, 5.74) is 5.01. The van der Waals surface area contributed by atoms with Gasteiger partial charge in [-0.05, 0) is 17.7 Å². The standard InChI is InChI=1S/C17H14BClN4S/c18-15-8-22-17-14(21-9-16-20-5-6-24-16)7-11(10-23(15)17)12-3-1-2-4-13(12)19/h1-8,10,21H,9,18H2. The van der Waals surface area contributed by atoms with Crippen LogP contribution in [-0.4, -0.2) is 22.2 Å². The van der Waals surface area contributed by atoms with Gasteiger partial charge >= 0.3 is 0 Å². The molecule has 0 atom stereocenters. The molecule has 24 heavy (non-hydrogen) atoms. The SMILES string of the molecule is Bc1cnc2c(NCc3nccs3)cc(-c3ccccc3Cl)cn12. The van der Waals surface area contributed by atoms with Crippen molar-refractivity contribution in [2.24, 2.45) is 0 Å². The molecule has 0 saturated heterocycles. The Bertz CT molecular complexity index is 997. The number of nitrogens with zero attached hydrogens (tertiary/aromatic N) is 3. The number of aromatic nitrogens is 3. The second kappa shape index (κ2) is 6.30. The maximum atomic E-state index is 6.38. The Hall–Kier alpha value is -2.31. The van der Waals surface area contributed by atoms with Gasteiger partial charge in [-0.2, -0.15) is 0 Å². The van der Waals surface area contributed by atoms with E-state index in [0.717, 1.165) is 38.1 Å². The Balaban J connectivity index is 1.81. The third kappa shape index (κ3) is 2.79. The third-order valence-electron chi connectivity index (χ3n) is 3.89. The van der Waals surface area contributed by atoms with Gasteiger partial charge in [0.2, 0.25) is 0 Å². The molecule has 0 bridgehead atoms. The highest BCUT2D eigenvalue weighted by Gasteiger charge is 2.11. The second-order valence-electron chi connectivity index (χ2n) is 5.49. The van der Waals surface area contributed by atoms with Crippen LogP contribution in [0.5, 0.6) is 0 Å². The highest BCUT2D eigenvalue weighted by Crippen LogP contribution is 2.30. The molecule has 3 heterocycles. The van der Waals surface area contributed by atoms with E-state index in [1.807, 2.05) is 49.9 Å². The molecule has 7 heteroatoms. The number of thiazole rings is 1. The Morgan fingerprint density at radius 1 is 1.25 bits per heavy atom. The minimum Gasteiger partial charge on any atom is -0.376 e. The molecule has 0 aliphatic rings. The number of hydrogen-bond acceptors (Lipinski definition) is 4. The zero-order valence-corrected chi connectivity index (χ0v) is 14.6. The van der Waals surface area contributed by atoms with Crippen molar-refractivity contribution >= 4 is 47.7 Å². The van der Waals surface area contributed by atoms with E-state index in [4.69, 9.17) is 11.6 Å². The van der Waals surface area contributed by atoms with Crippen LogP contribution in [0.4, 0.5) is 5.69 Å². The van der Waals surface area contributed by atoms with Crippen molar-refractivity contribution < 1.29 is 0 Å². The summed E-state index contributed by atoms with van der Waals surface area (Å²) in [5, 5.41) is 7.21. The van der Waals surface area contributed by atoms with Gasteiger partial charge in [-0.1, -0.05) is 29.8 Å². The first-order valence-corrected chi connectivity index (χ1v) is 8.83. The summed E-state index contributed by atoms with van der Waals surface area (Å²) in [5.74, 6) is 0. The smallest absolute Gasteiger partial charge is 0.163 e. The minimum atomic E-state index is 0.672. The largest absolute Gasteiger partial charge is 0.376 e. The summed E-state index contributed by atoms with van der Waals surface area (Å²) in [6, 6.07) is 9.96. The van der Waals surface area contributed by atoms with Crippen molar-refractivity contribution in [1.29, 1.82) is 0 Å². The number of imidazole rings is 1. The van der Waals surface area contributed by atoms with Crippen molar-refractivity contribution in [1.82, 2.24) is 14.4 Å². The lowest BCUT2D eigenvalue weighted by Gasteiger charge is -2.12. The number of pyridine rings is 1. The van der Waals surface area contributed by atoms with Gasteiger partial charge in [0.15, 0.2) is 13.5 Å². The van der Waals surface area contributed by atoms with E-state index in [0.29, 0.717) is 6.54 Å². The number of hydrogen-bond donors (Lipinski definition) is 1. The van der Waals surface area contributed by atoms with Gasteiger partial charge < -0.3 is 9.72 Å². The minimum absolute atomic E-state index is 0.672. The molecule has 118 valence electrons. The summed E-state index contributed by atoms with van der Waals surface area (Å²) >= 11 is 8.01. The topological polar surface area (TPSA) is 42.2 Å². The van der Waals surface area contributed by atoms with Crippen LogP contribution in [0, 0.1) is 0 Å². The van der Waals surface area contributed by atoms with Gasteiger partial charge in [0.05, 0.1) is 12.2 Å². The van der Waals surface area contributed by atoms with Crippen LogP contribution in [0.1, 0.15) is 5.01 Å². The molecule has 0 saturated carbocycles. The summed E-state index contributed by atoms with van der Waals surface area (Å²) in [6.45, 7) is 0.672. The van der Waals surface area contributed by atoms with Gasteiger partial charge in [0.25, 0.3) is 0 Å². The van der Waals surface area contributed by atoms with Gasteiger partial charge in [-0.15, -0.1) is 11.3 Å². The maximum Gasteiger partial charge on any atom is 0.163 e. The van der Waals surface area contributed by atoms with E-state index in [-0.39, 0.29) is 0 Å². The fourth-order valence-corrected chi connectivity index (χ4v) is 3.49. The molecule has 0 aliphatic carbocycles. The average molecular weight is 353 g/mol. The van der Waals surface area contributed by atoms with E-state index in [1.54, 1.807) is 11.3 Å². The van der Waals surface area contributed by atoms with Crippen LogP contribution in [0.2, 0.25) is 5.02 Å². The number of rotatable bonds is 4. The summed E-state index contributed by atoms with van der Waals surface area (Å²) in [7, 11) is 2.04. The molecule has 0 fully saturated rings. The Kier molecular flexibility index (Phi) is 4.00. The molecule has 1 N–H and O–H groups in total. The number of nitrogens with one attached hydrogen (secondary N) is 1. The Morgan fingerprint density at radius 3 is 2.92 bits per heavy atom. The molecule has 0 aliphatic heterocycles. The molecule has 4 rings (SSSR count). The van der Waals surface area contributed by atoms with E-state index < -0.39 is 0 Å². The van der Waals surface area contributed by atoms with Crippen LogP contribution in [-0.2, 0) is 6.54 Å². The number of fused-ring (bicyclic) bond motifs is 1. The lowest BCUT2D eigenvalue weighted by atomic mass is 10.0. The molecular formula is C17H14BClN4S. The highest BCUT2D eigenvalue weighted by atomic mass is 35.5. The normalized spacial score (nSPS) is 11.0. The van der Waals surface area contributed by atoms with Gasteiger partial charge in [-0.25, -0.2) is 9.97 Å². The summed E-state index contributed by atoms with van der Waals surface area (Å²) in [6.07, 6.45) is 5.77. The lowest BCUT2D eigenvalue weighted by molar-refractivity contribution is 1.09. The zero-order chi connectivity index (χ0) is 16.5. The second-order valence-corrected chi connectivity index (χ2v) is 6.88. The van der Waals surface area contributed by atoms with Crippen LogP contribution in [0.25, 0.3) is 16.8 Å². The third-order valence-corrected chi connectivity index (χ3v) is 5.00. The van der Waals surface area contributed by atoms with Gasteiger partial charge in [0, 0.05) is 40.1 Å². The molecule has 0 amide bonds. The van der Waals surface area contributed by atoms with Crippen molar-refractivity contribution in [3.05, 3.63) is 64.3 Å². The molecule has 1 aromatic carbocycles. The zero-order valence-electron chi connectivity index (χ0n) is 13.0. The first-order chi connectivity index (χ1) is 11.7. The number of anilines is 1. The fraction of sp³-hybridized carbons (Fsp3) is 0.0588. The fourth-order valence-electron chi connectivity index (χ4n) is 2.69. The number of halogens is 1. The van der Waals surface area contributed by atoms with E-state index in [2.05, 4.69) is 31.9 Å². The highest BCUT2D eigenvalue weighted by molar-refractivity contribution is 7.09. The summed E-state index contributed by atoms with van der Waals surface area (Å²) < 4.78 is 2.09. The number of benzene rings is 1. The Labute approximate surface area is 149 Å². The van der Waals surface area contributed by atoms with Gasteiger partial charge in [0.1, 0.15) is 5.01 Å². The van der Waals surface area contributed by atoms with E-state index in [1.165, 1.54) is 0 Å². The van der Waals surface area contributed by atoms with Crippen molar-refractivity contribution in [2.75, 3.05) is 5.32 Å². The lowest BCUT2D eigenvalue weighted by Crippen LogP contribution is -2.10. The van der Waals surface area contributed by atoms with Crippen molar-refractivity contribution in [3.8, 4) is 11.1 Å². The predicted octanol–water partition coefficient (Wildman–Crippen LogP) is 2.98. The van der Waals surface area contributed by atoms with Crippen LogP contribution >= 0.6 is 22.9 Å². The Morgan fingerprint density at radius 2 is 2.12 bits per heavy atom. The first-order valence-electron chi connectivity index (χ1n) is 7.57. The quantitative estimate of drug-likeness (QED) is 0.574. The maximum absolute atomic E-state index is 6.38. The molecule has 0 unspecified atom stereocenters. The van der Waals surface area contributed by atoms with E-state index >= 15 is 0 Å². The molecule has 0 radical (unpaired) electrons. The summed E-state index contributed by atoms with van der Waals surface area (Å²) in [4.78, 5) is 8.84. The van der Waals surface area contributed by atoms with Crippen LogP contribution in [0.3, 0.4) is 0 Å². The molecule has 0 spiro atoms. The molecule has 4 nitrogen and oxygen atoms in total. The van der Waals surface area contributed by atoms with Crippen LogP contribution < -0.4 is 10.9 Å². The monoisotopic (exact) mass is 352 g/mol.